The van der Waals surface area contributed by atoms with Crippen LogP contribution in [0.25, 0.3) is 31.6 Å². The summed E-state index contributed by atoms with van der Waals surface area (Å²) in [6, 6.07) is 17.5. The molecule has 5 heteroatoms. The molecule has 1 fully saturated rings. The molecule has 144 valence electrons. The van der Waals surface area contributed by atoms with Crippen LogP contribution in [-0.2, 0) is 11.3 Å². The molecule has 1 aliphatic heterocycles. The van der Waals surface area contributed by atoms with E-state index in [2.05, 4.69) is 63.6 Å². The van der Waals surface area contributed by atoms with Crippen LogP contribution >= 0.6 is 11.3 Å². The molecule has 0 saturated carbocycles. The zero-order chi connectivity index (χ0) is 18.9. The first-order chi connectivity index (χ1) is 13.8. The first-order valence-corrected chi connectivity index (χ1v) is 10.8. The molecule has 0 spiro atoms. The highest BCUT2D eigenvalue weighted by Crippen LogP contribution is 2.38. The lowest BCUT2D eigenvalue weighted by Crippen LogP contribution is -2.34. The second-order valence-corrected chi connectivity index (χ2v) is 8.80. The minimum atomic E-state index is 0.729. The Morgan fingerprint density at radius 1 is 1.11 bits per heavy atom. The first-order valence-electron chi connectivity index (χ1n) is 9.98. The van der Waals surface area contributed by atoms with Gasteiger partial charge < -0.3 is 4.74 Å². The van der Waals surface area contributed by atoms with Crippen LogP contribution in [0.15, 0.2) is 48.5 Å². The van der Waals surface area contributed by atoms with Crippen molar-refractivity contribution in [1.29, 1.82) is 0 Å². The van der Waals surface area contributed by atoms with Crippen molar-refractivity contribution in [2.45, 2.75) is 19.4 Å². The van der Waals surface area contributed by atoms with E-state index in [1.54, 1.807) is 7.11 Å². The summed E-state index contributed by atoms with van der Waals surface area (Å²) < 4.78 is 7.86. The topological polar surface area (TPSA) is 41.1 Å². The van der Waals surface area contributed by atoms with Crippen LogP contribution in [0.4, 0.5) is 0 Å². The minimum Gasteiger partial charge on any atom is -0.384 e. The number of ether oxygens (including phenoxy) is 1. The highest BCUT2D eigenvalue weighted by molar-refractivity contribution is 7.26. The van der Waals surface area contributed by atoms with E-state index in [9.17, 15) is 0 Å². The molecule has 2 aromatic carbocycles. The number of H-pyrrole nitrogens is 1. The van der Waals surface area contributed by atoms with Crippen LogP contribution in [-0.4, -0.2) is 41.9 Å². The van der Waals surface area contributed by atoms with Gasteiger partial charge in [-0.2, -0.15) is 5.10 Å². The molecule has 0 bridgehead atoms. The van der Waals surface area contributed by atoms with Crippen LogP contribution in [0.5, 0.6) is 0 Å². The fourth-order valence-corrected chi connectivity index (χ4v) is 5.42. The Balaban J connectivity index is 1.32. The number of hydrogen-bond donors (Lipinski definition) is 1. The summed E-state index contributed by atoms with van der Waals surface area (Å²) >= 11 is 1.81. The Labute approximate surface area is 169 Å². The Morgan fingerprint density at radius 2 is 1.89 bits per heavy atom. The van der Waals surface area contributed by atoms with E-state index in [4.69, 9.17) is 4.74 Å². The molecule has 1 aliphatic rings. The number of piperidine rings is 1. The summed E-state index contributed by atoms with van der Waals surface area (Å²) in [6.45, 7) is 4.26. The zero-order valence-electron chi connectivity index (χ0n) is 16.1. The number of likely N-dealkylation sites (tertiary alicyclic amines) is 1. The number of rotatable bonds is 5. The number of methoxy groups -OCH3 is 1. The SMILES string of the molecule is COCC1CCN(Cc2ccc(-c3n[nH]c4c3sc3ccccc34)cc2)CC1. The highest BCUT2D eigenvalue weighted by atomic mass is 32.1. The average molecular weight is 392 g/mol. The van der Waals surface area contributed by atoms with Crippen molar-refractivity contribution >= 4 is 31.6 Å². The Hall–Kier alpha value is -2.21. The van der Waals surface area contributed by atoms with Crippen LogP contribution in [0.1, 0.15) is 18.4 Å². The number of benzene rings is 2. The Kier molecular flexibility index (Phi) is 4.89. The summed E-state index contributed by atoms with van der Waals surface area (Å²) in [5, 5.41) is 9.12. The van der Waals surface area contributed by atoms with Crippen molar-refractivity contribution < 1.29 is 4.74 Å². The van der Waals surface area contributed by atoms with Crippen LogP contribution < -0.4 is 0 Å². The van der Waals surface area contributed by atoms with E-state index in [-0.39, 0.29) is 0 Å². The third-order valence-corrected chi connectivity index (χ3v) is 7.01. The van der Waals surface area contributed by atoms with Crippen molar-refractivity contribution in [3.8, 4) is 11.3 Å². The predicted octanol–water partition coefficient (Wildman–Crippen LogP) is 5.30. The standard InChI is InChI=1S/C23H25N3OS/c1-27-15-17-10-12-26(13-11-17)14-16-6-8-18(9-7-16)21-23-22(25-24-21)19-4-2-3-5-20(19)28-23/h2-9,17H,10-15H2,1H3,(H,24,25). The molecule has 28 heavy (non-hydrogen) atoms. The van der Waals surface area contributed by atoms with Crippen molar-refractivity contribution in [2.24, 2.45) is 5.92 Å². The molecule has 0 amide bonds. The van der Waals surface area contributed by atoms with Gasteiger partial charge in [0.2, 0.25) is 0 Å². The van der Waals surface area contributed by atoms with Gasteiger partial charge in [-0.1, -0.05) is 42.5 Å². The van der Waals surface area contributed by atoms with Gasteiger partial charge in [-0.25, -0.2) is 0 Å². The minimum absolute atomic E-state index is 0.729. The maximum absolute atomic E-state index is 5.31. The number of nitrogens with one attached hydrogen (secondary N) is 1. The van der Waals surface area contributed by atoms with Crippen LogP contribution in [0, 0.1) is 5.92 Å². The van der Waals surface area contributed by atoms with Crippen LogP contribution in [0.3, 0.4) is 0 Å². The van der Waals surface area contributed by atoms with E-state index in [1.165, 1.54) is 38.8 Å². The molecule has 2 aromatic heterocycles. The molecule has 4 nitrogen and oxygen atoms in total. The van der Waals surface area contributed by atoms with E-state index in [1.807, 2.05) is 11.3 Å². The molecule has 5 rings (SSSR count). The maximum atomic E-state index is 5.31. The molecule has 1 N–H and O–H groups in total. The van der Waals surface area contributed by atoms with Gasteiger partial charge >= 0.3 is 0 Å². The summed E-state index contributed by atoms with van der Waals surface area (Å²) in [7, 11) is 1.81. The zero-order valence-corrected chi connectivity index (χ0v) is 17.0. The normalized spacial score (nSPS) is 16.3. The van der Waals surface area contributed by atoms with Crippen molar-refractivity contribution in [3.05, 3.63) is 54.1 Å². The quantitative estimate of drug-likeness (QED) is 0.502. The van der Waals surface area contributed by atoms with Crippen LogP contribution in [0.2, 0.25) is 0 Å². The van der Waals surface area contributed by atoms with Crippen molar-refractivity contribution in [1.82, 2.24) is 15.1 Å². The molecular weight excluding hydrogens is 366 g/mol. The lowest BCUT2D eigenvalue weighted by Gasteiger charge is -2.31. The van der Waals surface area contributed by atoms with Gasteiger partial charge in [-0.3, -0.25) is 10.00 Å². The van der Waals surface area contributed by atoms with Crippen molar-refractivity contribution in [3.63, 3.8) is 0 Å². The van der Waals surface area contributed by atoms with Gasteiger partial charge in [0.25, 0.3) is 0 Å². The van der Waals surface area contributed by atoms with Crippen molar-refractivity contribution in [2.75, 3.05) is 26.8 Å². The Bertz CT molecular complexity index is 1070. The third kappa shape index (κ3) is 3.34. The lowest BCUT2D eigenvalue weighted by atomic mass is 9.97. The second kappa shape index (κ2) is 7.66. The molecule has 0 unspecified atom stereocenters. The highest BCUT2D eigenvalue weighted by Gasteiger charge is 2.19. The number of aromatic nitrogens is 2. The fourth-order valence-electron chi connectivity index (χ4n) is 4.25. The van der Waals surface area contributed by atoms with Gasteiger partial charge in [0.05, 0.1) is 10.2 Å². The first kappa shape index (κ1) is 17.9. The summed E-state index contributed by atoms with van der Waals surface area (Å²) in [4.78, 5) is 2.56. The predicted molar refractivity (Wildman–Crippen MR) is 117 cm³/mol. The van der Waals surface area contributed by atoms with Gasteiger partial charge in [0.15, 0.2) is 0 Å². The number of fused-ring (bicyclic) bond motifs is 3. The summed E-state index contributed by atoms with van der Waals surface area (Å²) in [5.74, 6) is 0.729. The van der Waals surface area contributed by atoms with E-state index < -0.39 is 0 Å². The summed E-state index contributed by atoms with van der Waals surface area (Å²) in [5.41, 5.74) is 4.76. The molecule has 4 aromatic rings. The molecule has 0 aliphatic carbocycles. The summed E-state index contributed by atoms with van der Waals surface area (Å²) in [6.07, 6.45) is 2.48. The maximum Gasteiger partial charge on any atom is 0.110 e. The second-order valence-electron chi connectivity index (χ2n) is 7.75. The number of thiophene rings is 1. The van der Waals surface area contributed by atoms with E-state index >= 15 is 0 Å². The smallest absolute Gasteiger partial charge is 0.110 e. The fraction of sp³-hybridized carbons (Fsp3) is 0.348. The average Bonchev–Trinajstić information content (AvgIpc) is 3.30. The Morgan fingerprint density at radius 3 is 2.68 bits per heavy atom. The number of aromatic amines is 1. The largest absolute Gasteiger partial charge is 0.384 e. The molecule has 3 heterocycles. The molecule has 0 atom stereocenters. The molecule has 1 saturated heterocycles. The van der Waals surface area contributed by atoms with Gasteiger partial charge in [0, 0.05) is 35.9 Å². The number of nitrogens with zero attached hydrogens (tertiary/aromatic N) is 2. The van der Waals surface area contributed by atoms with Gasteiger partial charge in [0.1, 0.15) is 5.69 Å². The van der Waals surface area contributed by atoms with Gasteiger partial charge in [-0.15, -0.1) is 11.3 Å². The van der Waals surface area contributed by atoms with E-state index in [0.717, 1.165) is 43.4 Å². The van der Waals surface area contributed by atoms with E-state index in [0.29, 0.717) is 0 Å². The molecular formula is C23H25N3OS. The third-order valence-electron chi connectivity index (χ3n) is 5.83. The number of hydrogen-bond acceptors (Lipinski definition) is 4. The molecule has 0 radical (unpaired) electrons. The lowest BCUT2D eigenvalue weighted by molar-refractivity contribution is 0.0968. The monoisotopic (exact) mass is 391 g/mol. The van der Waals surface area contributed by atoms with Gasteiger partial charge in [-0.05, 0) is 43.5 Å².